The van der Waals surface area contributed by atoms with Gasteiger partial charge in [0.05, 0.1) is 5.02 Å². The molecule has 1 saturated heterocycles. The zero-order valence-electron chi connectivity index (χ0n) is 11.6. The van der Waals surface area contributed by atoms with Crippen LogP contribution in [0, 0.1) is 0 Å². The minimum absolute atomic E-state index is 0.0315. The summed E-state index contributed by atoms with van der Waals surface area (Å²) in [5.41, 5.74) is 0. The van der Waals surface area contributed by atoms with Gasteiger partial charge in [0.2, 0.25) is 5.91 Å². The minimum Gasteiger partial charge on any atom is -0.482 e. The first-order valence-electron chi connectivity index (χ1n) is 6.58. The van der Waals surface area contributed by atoms with E-state index in [9.17, 15) is 9.59 Å². The summed E-state index contributed by atoms with van der Waals surface area (Å²) in [7, 11) is 0. The number of benzene rings is 1. The second-order valence-corrected chi connectivity index (χ2v) is 5.59. The normalized spacial score (nSPS) is 15.0. The van der Waals surface area contributed by atoms with Crippen LogP contribution < -0.4 is 4.74 Å². The number of hydrogen-bond acceptors (Lipinski definition) is 3. The van der Waals surface area contributed by atoms with E-state index in [2.05, 4.69) is 0 Å². The van der Waals surface area contributed by atoms with Gasteiger partial charge < -0.3 is 14.5 Å². The van der Waals surface area contributed by atoms with Gasteiger partial charge in [-0.05, 0) is 12.1 Å². The van der Waals surface area contributed by atoms with E-state index in [1.54, 1.807) is 28.0 Å². The van der Waals surface area contributed by atoms with Crippen LogP contribution in [0.4, 0.5) is 0 Å². The monoisotopic (exact) mass is 330 g/mol. The summed E-state index contributed by atoms with van der Waals surface area (Å²) in [5.74, 6) is 0.290. The predicted molar refractivity (Wildman–Crippen MR) is 80.8 cm³/mol. The molecule has 1 aromatic rings. The maximum Gasteiger partial charge on any atom is 0.260 e. The Morgan fingerprint density at radius 1 is 1.14 bits per heavy atom. The van der Waals surface area contributed by atoms with E-state index >= 15 is 0 Å². The molecule has 0 aromatic heterocycles. The average molecular weight is 331 g/mol. The number of carbonyl (C=O) groups excluding carboxylic acids is 2. The lowest BCUT2D eigenvalue weighted by Crippen LogP contribution is -2.51. The molecule has 5 nitrogen and oxygen atoms in total. The highest BCUT2D eigenvalue weighted by atomic mass is 35.5. The molecule has 0 aliphatic carbocycles. The number of piperazine rings is 1. The lowest BCUT2D eigenvalue weighted by atomic mass is 10.3. The Morgan fingerprint density at radius 2 is 1.76 bits per heavy atom. The fraction of sp³-hybridized carbons (Fsp3) is 0.429. The number of hydrogen-bond donors (Lipinski definition) is 0. The lowest BCUT2D eigenvalue weighted by Gasteiger charge is -2.34. The Kier molecular flexibility index (Phi) is 5.31. The van der Waals surface area contributed by atoms with Gasteiger partial charge in [-0.3, -0.25) is 9.59 Å². The van der Waals surface area contributed by atoms with Gasteiger partial charge in [0.25, 0.3) is 5.91 Å². The molecule has 0 unspecified atom stereocenters. The van der Waals surface area contributed by atoms with E-state index < -0.39 is 0 Å². The first kappa shape index (κ1) is 15.9. The van der Waals surface area contributed by atoms with E-state index in [0.717, 1.165) is 0 Å². The molecule has 114 valence electrons. The first-order valence-corrected chi connectivity index (χ1v) is 7.34. The van der Waals surface area contributed by atoms with Gasteiger partial charge in [0.15, 0.2) is 6.61 Å². The smallest absolute Gasteiger partial charge is 0.260 e. The van der Waals surface area contributed by atoms with Crippen molar-refractivity contribution in [2.45, 2.75) is 6.92 Å². The zero-order valence-corrected chi connectivity index (χ0v) is 13.2. The van der Waals surface area contributed by atoms with E-state index in [-0.39, 0.29) is 18.4 Å². The Balaban J connectivity index is 1.85. The van der Waals surface area contributed by atoms with Crippen LogP contribution in [0.3, 0.4) is 0 Å². The number of carbonyl (C=O) groups is 2. The maximum absolute atomic E-state index is 12.1. The van der Waals surface area contributed by atoms with Crippen LogP contribution in [0.15, 0.2) is 18.2 Å². The summed E-state index contributed by atoms with van der Waals surface area (Å²) in [6, 6.07) is 4.85. The first-order chi connectivity index (χ1) is 9.97. The molecule has 1 aromatic carbocycles. The summed E-state index contributed by atoms with van der Waals surface area (Å²) in [6.45, 7) is 3.58. The SMILES string of the molecule is CC(=O)N1CCN(C(=O)COc2cc(Cl)ccc2Cl)CC1. The van der Waals surface area contributed by atoms with Crippen molar-refractivity contribution in [3.63, 3.8) is 0 Å². The van der Waals surface area contributed by atoms with Crippen LogP contribution in [-0.2, 0) is 9.59 Å². The molecule has 1 aliphatic rings. The molecule has 1 fully saturated rings. The molecule has 0 N–H and O–H groups in total. The molecule has 0 bridgehead atoms. The van der Waals surface area contributed by atoms with E-state index in [4.69, 9.17) is 27.9 Å². The Labute approximate surface area is 133 Å². The predicted octanol–water partition coefficient (Wildman–Crippen LogP) is 2.06. The van der Waals surface area contributed by atoms with Gasteiger partial charge in [0, 0.05) is 44.2 Å². The van der Waals surface area contributed by atoms with Gasteiger partial charge in [0.1, 0.15) is 5.75 Å². The van der Waals surface area contributed by atoms with Gasteiger partial charge in [-0.25, -0.2) is 0 Å². The second kappa shape index (κ2) is 7.00. The van der Waals surface area contributed by atoms with Crippen molar-refractivity contribution in [3.8, 4) is 5.75 Å². The van der Waals surface area contributed by atoms with Crippen molar-refractivity contribution in [2.75, 3.05) is 32.8 Å². The number of rotatable bonds is 3. The molecule has 1 aliphatic heterocycles. The van der Waals surface area contributed by atoms with Gasteiger partial charge in [-0.2, -0.15) is 0 Å². The molecule has 2 amide bonds. The highest BCUT2D eigenvalue weighted by Crippen LogP contribution is 2.27. The van der Waals surface area contributed by atoms with Crippen molar-refractivity contribution in [1.29, 1.82) is 0 Å². The Hall–Kier alpha value is -1.46. The van der Waals surface area contributed by atoms with Gasteiger partial charge >= 0.3 is 0 Å². The summed E-state index contributed by atoms with van der Waals surface area (Å²) < 4.78 is 5.42. The third-order valence-electron chi connectivity index (χ3n) is 3.32. The lowest BCUT2D eigenvalue weighted by molar-refractivity contribution is -0.139. The summed E-state index contributed by atoms with van der Waals surface area (Å²) in [5, 5.41) is 0.908. The molecule has 0 saturated carbocycles. The molecule has 0 spiro atoms. The van der Waals surface area contributed by atoms with Crippen LogP contribution >= 0.6 is 23.2 Å². The Morgan fingerprint density at radius 3 is 2.38 bits per heavy atom. The van der Waals surface area contributed by atoms with Crippen LogP contribution in [0.25, 0.3) is 0 Å². The highest BCUT2D eigenvalue weighted by molar-refractivity contribution is 6.34. The fourth-order valence-corrected chi connectivity index (χ4v) is 2.42. The second-order valence-electron chi connectivity index (χ2n) is 4.75. The molecule has 1 heterocycles. The van der Waals surface area contributed by atoms with Crippen LogP contribution in [0.5, 0.6) is 5.75 Å². The van der Waals surface area contributed by atoms with Crippen molar-refractivity contribution < 1.29 is 14.3 Å². The molecule has 7 heteroatoms. The van der Waals surface area contributed by atoms with Crippen LogP contribution in [0.1, 0.15) is 6.92 Å². The molecular weight excluding hydrogens is 315 g/mol. The molecule has 2 rings (SSSR count). The standard InChI is InChI=1S/C14H16Cl2N2O3/c1-10(19)17-4-6-18(7-5-17)14(20)9-21-13-8-11(15)2-3-12(13)16/h2-3,8H,4-7,9H2,1H3. The topological polar surface area (TPSA) is 49.9 Å². The molecular formula is C14H16Cl2N2O3. The van der Waals surface area contributed by atoms with E-state index in [1.165, 1.54) is 6.92 Å². The van der Waals surface area contributed by atoms with E-state index in [1.807, 2.05) is 0 Å². The fourth-order valence-electron chi connectivity index (χ4n) is 2.09. The van der Waals surface area contributed by atoms with Crippen molar-refractivity contribution in [3.05, 3.63) is 28.2 Å². The molecule has 21 heavy (non-hydrogen) atoms. The summed E-state index contributed by atoms with van der Waals surface area (Å²) in [4.78, 5) is 26.7. The number of amides is 2. The van der Waals surface area contributed by atoms with Gasteiger partial charge in [-0.15, -0.1) is 0 Å². The average Bonchev–Trinajstić information content (AvgIpc) is 2.48. The van der Waals surface area contributed by atoms with Gasteiger partial charge in [-0.1, -0.05) is 23.2 Å². The number of nitrogens with zero attached hydrogens (tertiary/aromatic N) is 2. The third-order valence-corrected chi connectivity index (χ3v) is 3.87. The van der Waals surface area contributed by atoms with Crippen molar-refractivity contribution >= 4 is 35.0 Å². The quantitative estimate of drug-likeness (QED) is 0.852. The third kappa shape index (κ3) is 4.25. The largest absolute Gasteiger partial charge is 0.482 e. The molecule has 0 atom stereocenters. The molecule has 0 radical (unpaired) electrons. The Bertz CT molecular complexity index is 543. The maximum atomic E-state index is 12.1. The van der Waals surface area contributed by atoms with Crippen LogP contribution in [-0.4, -0.2) is 54.4 Å². The van der Waals surface area contributed by atoms with Crippen LogP contribution in [0.2, 0.25) is 10.0 Å². The summed E-state index contributed by atoms with van der Waals surface area (Å²) in [6.07, 6.45) is 0. The van der Waals surface area contributed by atoms with Crippen molar-refractivity contribution in [2.24, 2.45) is 0 Å². The zero-order chi connectivity index (χ0) is 15.4. The van der Waals surface area contributed by atoms with E-state index in [0.29, 0.717) is 42.0 Å². The highest BCUT2D eigenvalue weighted by Gasteiger charge is 2.22. The minimum atomic E-state index is -0.130. The number of halogens is 2. The van der Waals surface area contributed by atoms with Crippen molar-refractivity contribution in [1.82, 2.24) is 9.80 Å². The summed E-state index contributed by atoms with van der Waals surface area (Å²) >= 11 is 11.8. The number of ether oxygens (including phenoxy) is 1.